The third-order valence-electron chi connectivity index (χ3n) is 4.74. The third kappa shape index (κ3) is 5.21. The quantitative estimate of drug-likeness (QED) is 0.452. The van der Waals surface area contributed by atoms with Crippen molar-refractivity contribution in [1.82, 2.24) is 10.9 Å². The van der Waals surface area contributed by atoms with Crippen molar-refractivity contribution in [2.75, 3.05) is 16.6 Å². The predicted octanol–water partition coefficient (Wildman–Crippen LogP) is 2.91. The monoisotopic (exact) mass is 438 g/mol. The van der Waals surface area contributed by atoms with Gasteiger partial charge in [0.2, 0.25) is 5.91 Å². The summed E-state index contributed by atoms with van der Waals surface area (Å²) in [5, 5.41) is 1.66. The molecule has 160 valence electrons. The molecule has 0 aromatic heterocycles. The Labute approximate surface area is 180 Å². The molecule has 0 bridgehead atoms. The number of hydrogen-bond acceptors (Lipinski definition) is 6. The normalized spacial score (nSPS) is 18.3. The maximum Gasteiger partial charge on any atom is 0.250 e. The first kappa shape index (κ1) is 20.9. The third-order valence-corrected chi connectivity index (χ3v) is 6.37. The highest BCUT2D eigenvalue weighted by Crippen LogP contribution is 2.24. The minimum absolute atomic E-state index is 0.182. The molecule has 3 aromatic carbocycles. The van der Waals surface area contributed by atoms with Crippen molar-refractivity contribution >= 4 is 27.3 Å². The van der Waals surface area contributed by atoms with E-state index in [0.717, 1.165) is 0 Å². The second kappa shape index (κ2) is 9.17. The molecule has 1 aliphatic heterocycles. The second-order valence-electron chi connectivity index (χ2n) is 6.99. The van der Waals surface area contributed by atoms with Crippen LogP contribution in [0.25, 0.3) is 0 Å². The highest BCUT2D eigenvalue weighted by Gasteiger charge is 2.41. The first-order chi connectivity index (χ1) is 15.0. The maximum atomic E-state index is 12.8. The maximum absolute atomic E-state index is 12.8. The number of carbonyl (C=O) groups excluding carboxylic acids is 1. The molecule has 0 aliphatic carbocycles. The number of benzene rings is 3. The van der Waals surface area contributed by atoms with E-state index < -0.39 is 27.2 Å². The number of carbonyl (C=O) groups is 1. The molecule has 4 rings (SSSR count). The zero-order valence-electron chi connectivity index (χ0n) is 16.5. The molecule has 9 heteroatoms. The van der Waals surface area contributed by atoms with Crippen LogP contribution in [0.3, 0.4) is 0 Å². The van der Waals surface area contributed by atoms with Crippen LogP contribution in [0, 0.1) is 5.92 Å². The van der Waals surface area contributed by atoms with Gasteiger partial charge in [0, 0.05) is 17.9 Å². The molecule has 2 unspecified atom stereocenters. The Kier molecular flexibility index (Phi) is 6.17. The fraction of sp³-hybridized carbons (Fsp3) is 0.136. The molecular weight excluding hydrogens is 416 g/mol. The summed E-state index contributed by atoms with van der Waals surface area (Å²) >= 11 is 0. The number of hydrogen-bond donors (Lipinski definition) is 4. The molecule has 1 fully saturated rings. The average Bonchev–Trinajstić information content (AvgIpc) is 3.28. The van der Waals surface area contributed by atoms with Crippen molar-refractivity contribution in [3.8, 4) is 11.5 Å². The lowest BCUT2D eigenvalue weighted by molar-refractivity contribution is -0.119. The van der Waals surface area contributed by atoms with Gasteiger partial charge in [-0.2, -0.15) is 0 Å². The van der Waals surface area contributed by atoms with Crippen molar-refractivity contribution in [3.63, 3.8) is 0 Å². The van der Waals surface area contributed by atoms with Gasteiger partial charge in [-0.05, 0) is 48.5 Å². The largest absolute Gasteiger partial charge is 0.457 e. The molecule has 8 nitrogen and oxygen atoms in total. The van der Waals surface area contributed by atoms with Crippen LogP contribution in [0.5, 0.6) is 11.5 Å². The van der Waals surface area contributed by atoms with E-state index in [0.29, 0.717) is 22.9 Å². The minimum Gasteiger partial charge on any atom is -0.457 e. The number of sulfonamides is 1. The Morgan fingerprint density at radius 2 is 1.45 bits per heavy atom. The second-order valence-corrected chi connectivity index (χ2v) is 8.80. The van der Waals surface area contributed by atoms with E-state index in [4.69, 9.17) is 4.74 Å². The topological polar surface area (TPSA) is 109 Å². The molecule has 1 heterocycles. The van der Waals surface area contributed by atoms with E-state index in [1.54, 1.807) is 54.6 Å². The van der Waals surface area contributed by atoms with E-state index in [2.05, 4.69) is 20.9 Å². The lowest BCUT2D eigenvalue weighted by Gasteiger charge is -2.19. The van der Waals surface area contributed by atoms with Gasteiger partial charge >= 0.3 is 0 Å². The van der Waals surface area contributed by atoms with Crippen LogP contribution >= 0.6 is 0 Å². The number of ether oxygens (including phenoxy) is 1. The summed E-state index contributed by atoms with van der Waals surface area (Å²) in [5.74, 6) is 0.112. The van der Waals surface area contributed by atoms with E-state index in [1.165, 1.54) is 0 Å². The first-order valence-electron chi connectivity index (χ1n) is 9.70. The zero-order chi connectivity index (χ0) is 21.7. The molecule has 1 saturated heterocycles. The van der Waals surface area contributed by atoms with Crippen molar-refractivity contribution in [2.24, 2.45) is 5.92 Å². The summed E-state index contributed by atoms with van der Waals surface area (Å²) in [6, 6.07) is 24.8. The molecule has 0 spiro atoms. The van der Waals surface area contributed by atoms with Crippen molar-refractivity contribution < 1.29 is 17.9 Å². The Bertz CT molecular complexity index is 1120. The van der Waals surface area contributed by atoms with Gasteiger partial charge in [-0.3, -0.25) is 14.9 Å². The minimum atomic E-state index is -3.85. The Morgan fingerprint density at radius 1 is 0.839 bits per heavy atom. The molecule has 3 aromatic rings. The lowest BCUT2D eigenvalue weighted by atomic mass is 10.1. The van der Waals surface area contributed by atoms with Crippen LogP contribution in [0.1, 0.15) is 0 Å². The molecular formula is C22H22N4O4S. The van der Waals surface area contributed by atoms with Gasteiger partial charge in [-0.1, -0.05) is 36.4 Å². The van der Waals surface area contributed by atoms with Gasteiger partial charge in [-0.25, -0.2) is 13.8 Å². The number of nitrogens with one attached hydrogen (secondary N) is 4. The Morgan fingerprint density at radius 3 is 2.13 bits per heavy atom. The van der Waals surface area contributed by atoms with Gasteiger partial charge in [0.05, 0.1) is 5.92 Å². The summed E-state index contributed by atoms with van der Waals surface area (Å²) in [7, 11) is -3.85. The summed E-state index contributed by atoms with van der Waals surface area (Å²) in [5.41, 5.74) is 6.44. The molecule has 4 N–H and O–H groups in total. The summed E-state index contributed by atoms with van der Waals surface area (Å²) < 4.78 is 33.8. The van der Waals surface area contributed by atoms with Gasteiger partial charge in [0.15, 0.2) is 5.37 Å². The number of rotatable bonds is 7. The zero-order valence-corrected chi connectivity index (χ0v) is 17.3. The van der Waals surface area contributed by atoms with E-state index in [-0.39, 0.29) is 6.54 Å². The molecule has 1 amide bonds. The molecule has 0 saturated carbocycles. The molecule has 31 heavy (non-hydrogen) atoms. The van der Waals surface area contributed by atoms with E-state index in [1.807, 2.05) is 30.3 Å². The highest BCUT2D eigenvalue weighted by molar-refractivity contribution is 7.93. The van der Waals surface area contributed by atoms with Crippen LogP contribution in [0.4, 0.5) is 11.4 Å². The van der Waals surface area contributed by atoms with Gasteiger partial charge < -0.3 is 10.1 Å². The van der Waals surface area contributed by atoms with Crippen molar-refractivity contribution in [2.45, 2.75) is 5.37 Å². The predicted molar refractivity (Wildman–Crippen MR) is 119 cm³/mol. The lowest BCUT2D eigenvalue weighted by Crippen LogP contribution is -2.45. The highest BCUT2D eigenvalue weighted by atomic mass is 32.2. The SMILES string of the molecule is O=C(Nc1ccc(Oc2ccccc2)cc1)C1CNNC1S(=O)(=O)Nc1ccccc1. The fourth-order valence-electron chi connectivity index (χ4n) is 3.20. The number of para-hydroxylation sites is 2. The molecule has 2 atom stereocenters. The Balaban J connectivity index is 1.40. The fourth-order valence-corrected chi connectivity index (χ4v) is 4.68. The van der Waals surface area contributed by atoms with E-state index in [9.17, 15) is 13.2 Å². The molecule has 1 aliphatic rings. The van der Waals surface area contributed by atoms with Crippen molar-refractivity contribution in [1.29, 1.82) is 0 Å². The number of amides is 1. The van der Waals surface area contributed by atoms with Crippen LogP contribution in [-0.2, 0) is 14.8 Å². The Hall–Kier alpha value is -3.40. The average molecular weight is 439 g/mol. The van der Waals surface area contributed by atoms with Gasteiger partial charge in [0.1, 0.15) is 11.5 Å². The van der Waals surface area contributed by atoms with Crippen molar-refractivity contribution in [3.05, 3.63) is 84.9 Å². The summed E-state index contributed by atoms with van der Waals surface area (Å²) in [6.45, 7) is 0.182. The van der Waals surface area contributed by atoms with Gasteiger partial charge in [0.25, 0.3) is 10.0 Å². The summed E-state index contributed by atoms with van der Waals surface area (Å²) in [4.78, 5) is 12.8. The van der Waals surface area contributed by atoms with Crippen LogP contribution < -0.4 is 25.6 Å². The molecule has 0 radical (unpaired) electrons. The first-order valence-corrected chi connectivity index (χ1v) is 11.2. The van der Waals surface area contributed by atoms with Crippen LogP contribution in [0.2, 0.25) is 0 Å². The van der Waals surface area contributed by atoms with Crippen LogP contribution in [-0.4, -0.2) is 26.2 Å². The number of anilines is 2. The standard InChI is InChI=1S/C22H22N4O4S/c27-21(24-16-11-13-19(14-12-16)30-18-9-5-2-6-10-18)20-15-23-25-22(20)31(28,29)26-17-7-3-1-4-8-17/h1-14,20,22-23,25-26H,15H2,(H,24,27). The smallest absolute Gasteiger partial charge is 0.250 e. The van der Waals surface area contributed by atoms with E-state index >= 15 is 0 Å². The van der Waals surface area contributed by atoms with Gasteiger partial charge in [-0.15, -0.1) is 0 Å². The number of hydrazine groups is 1. The summed E-state index contributed by atoms with van der Waals surface area (Å²) in [6.07, 6.45) is 0. The van der Waals surface area contributed by atoms with Crippen LogP contribution in [0.15, 0.2) is 84.9 Å².